The lowest BCUT2D eigenvalue weighted by molar-refractivity contribution is 0.411. The van der Waals surface area contributed by atoms with Gasteiger partial charge in [-0.15, -0.1) is 0 Å². The minimum absolute atomic E-state index is 0.134. The van der Waals surface area contributed by atoms with Gasteiger partial charge in [-0.1, -0.05) is 18.2 Å². The Morgan fingerprint density at radius 2 is 2.05 bits per heavy atom. The SMILES string of the molecule is COc1ccc(C(Cc2cccc(F)c2Br)NN)cc1Br. The number of ether oxygens (including phenoxy) is 1. The number of hydrogen-bond donors (Lipinski definition) is 2. The minimum atomic E-state index is -0.279. The molecule has 6 heteroatoms. The summed E-state index contributed by atoms with van der Waals surface area (Å²) in [7, 11) is 1.61. The maximum Gasteiger partial charge on any atom is 0.137 e. The minimum Gasteiger partial charge on any atom is -0.496 e. The molecule has 0 aliphatic heterocycles. The van der Waals surface area contributed by atoms with E-state index in [0.717, 1.165) is 21.3 Å². The van der Waals surface area contributed by atoms with Crippen LogP contribution in [-0.2, 0) is 6.42 Å². The molecule has 0 aliphatic rings. The van der Waals surface area contributed by atoms with Crippen LogP contribution in [-0.4, -0.2) is 7.11 Å². The predicted molar refractivity (Wildman–Crippen MR) is 88.6 cm³/mol. The first kappa shape index (κ1) is 16.4. The van der Waals surface area contributed by atoms with E-state index in [4.69, 9.17) is 10.6 Å². The summed E-state index contributed by atoms with van der Waals surface area (Å²) in [5.41, 5.74) is 4.61. The van der Waals surface area contributed by atoms with Crippen molar-refractivity contribution in [1.82, 2.24) is 5.43 Å². The fourth-order valence-electron chi connectivity index (χ4n) is 2.10. The number of nitrogens with two attached hydrogens (primary N) is 1. The van der Waals surface area contributed by atoms with Gasteiger partial charge in [0.1, 0.15) is 11.6 Å². The van der Waals surface area contributed by atoms with Crippen molar-refractivity contribution in [3.63, 3.8) is 0 Å². The van der Waals surface area contributed by atoms with Crippen molar-refractivity contribution in [2.24, 2.45) is 5.84 Å². The smallest absolute Gasteiger partial charge is 0.137 e. The summed E-state index contributed by atoms with van der Waals surface area (Å²) in [5, 5.41) is 0. The molecule has 1 unspecified atom stereocenters. The van der Waals surface area contributed by atoms with Crippen molar-refractivity contribution in [3.8, 4) is 5.75 Å². The maximum atomic E-state index is 13.6. The number of rotatable bonds is 5. The molecule has 21 heavy (non-hydrogen) atoms. The highest BCUT2D eigenvalue weighted by molar-refractivity contribution is 9.10. The Morgan fingerprint density at radius 3 is 2.67 bits per heavy atom. The topological polar surface area (TPSA) is 47.3 Å². The number of nitrogens with one attached hydrogen (secondary N) is 1. The van der Waals surface area contributed by atoms with Crippen LogP contribution in [0.25, 0.3) is 0 Å². The van der Waals surface area contributed by atoms with E-state index in [1.807, 2.05) is 24.3 Å². The molecule has 3 nitrogen and oxygen atoms in total. The Balaban J connectivity index is 2.28. The normalized spacial score (nSPS) is 12.2. The molecule has 0 amide bonds. The molecule has 0 aromatic heterocycles. The third kappa shape index (κ3) is 3.83. The average molecular weight is 418 g/mol. The molecule has 2 aromatic carbocycles. The van der Waals surface area contributed by atoms with E-state index in [9.17, 15) is 4.39 Å². The van der Waals surface area contributed by atoms with Crippen molar-refractivity contribution in [3.05, 3.63) is 62.3 Å². The predicted octanol–water partition coefficient (Wildman–Crippen LogP) is 4.11. The summed E-state index contributed by atoms with van der Waals surface area (Å²) in [6.45, 7) is 0. The lowest BCUT2D eigenvalue weighted by Gasteiger charge is -2.18. The molecule has 2 aromatic rings. The summed E-state index contributed by atoms with van der Waals surface area (Å²) < 4.78 is 20.1. The fourth-order valence-corrected chi connectivity index (χ4v) is 3.08. The highest BCUT2D eigenvalue weighted by atomic mass is 79.9. The maximum absolute atomic E-state index is 13.6. The van der Waals surface area contributed by atoms with E-state index in [2.05, 4.69) is 37.3 Å². The Kier molecular flexibility index (Phi) is 5.75. The lowest BCUT2D eigenvalue weighted by Crippen LogP contribution is -2.29. The van der Waals surface area contributed by atoms with E-state index in [0.29, 0.717) is 10.9 Å². The first-order valence-electron chi connectivity index (χ1n) is 6.29. The van der Waals surface area contributed by atoms with Crippen LogP contribution in [0, 0.1) is 5.82 Å². The standard InChI is InChI=1S/C15H15Br2FN2O/c1-21-14-6-5-9(7-11(14)16)13(20-19)8-10-3-2-4-12(18)15(10)17/h2-7,13,20H,8,19H2,1H3. The van der Waals surface area contributed by atoms with Crippen LogP contribution in [0.2, 0.25) is 0 Å². The molecule has 112 valence electrons. The highest BCUT2D eigenvalue weighted by Crippen LogP contribution is 2.30. The number of benzene rings is 2. The molecular formula is C15H15Br2FN2O. The van der Waals surface area contributed by atoms with Gasteiger partial charge in [0, 0.05) is 0 Å². The number of hydrazine groups is 1. The third-order valence-corrected chi connectivity index (χ3v) is 4.74. The number of halogens is 3. The molecule has 3 N–H and O–H groups in total. The first-order valence-corrected chi connectivity index (χ1v) is 7.88. The largest absolute Gasteiger partial charge is 0.496 e. The van der Waals surface area contributed by atoms with Crippen molar-refractivity contribution in [2.75, 3.05) is 7.11 Å². The van der Waals surface area contributed by atoms with Crippen molar-refractivity contribution in [1.29, 1.82) is 0 Å². The highest BCUT2D eigenvalue weighted by Gasteiger charge is 2.15. The molecular weight excluding hydrogens is 403 g/mol. The summed E-state index contributed by atoms with van der Waals surface area (Å²) >= 11 is 6.73. The second kappa shape index (κ2) is 7.35. The Hall–Kier alpha value is -0.950. The molecule has 0 fully saturated rings. The Bertz CT molecular complexity index is 637. The van der Waals surface area contributed by atoms with Gasteiger partial charge < -0.3 is 4.74 Å². The van der Waals surface area contributed by atoms with Crippen molar-refractivity contribution < 1.29 is 9.13 Å². The van der Waals surface area contributed by atoms with Crippen molar-refractivity contribution in [2.45, 2.75) is 12.5 Å². The second-order valence-electron chi connectivity index (χ2n) is 4.53. The van der Waals surface area contributed by atoms with Gasteiger partial charge in [-0.2, -0.15) is 0 Å². The molecule has 0 radical (unpaired) electrons. The number of hydrogen-bond acceptors (Lipinski definition) is 3. The summed E-state index contributed by atoms with van der Waals surface area (Å²) in [4.78, 5) is 0. The van der Waals surface area contributed by atoms with Crippen LogP contribution < -0.4 is 16.0 Å². The molecule has 0 spiro atoms. The van der Waals surface area contributed by atoms with Gasteiger partial charge in [0.2, 0.25) is 0 Å². The van der Waals surface area contributed by atoms with Gasteiger partial charge in [-0.05, 0) is 67.6 Å². The van der Waals surface area contributed by atoms with Gasteiger partial charge in [0.25, 0.3) is 0 Å². The van der Waals surface area contributed by atoms with E-state index in [1.54, 1.807) is 13.2 Å². The van der Waals surface area contributed by atoms with Crippen LogP contribution in [0.15, 0.2) is 45.3 Å². The Morgan fingerprint density at radius 1 is 1.29 bits per heavy atom. The molecule has 0 saturated heterocycles. The zero-order valence-corrected chi connectivity index (χ0v) is 14.5. The summed E-state index contributed by atoms with van der Waals surface area (Å²) in [5.74, 6) is 6.13. The van der Waals surface area contributed by atoms with Gasteiger partial charge in [-0.25, -0.2) is 4.39 Å². The molecule has 0 aliphatic carbocycles. The third-order valence-electron chi connectivity index (χ3n) is 3.24. The molecule has 0 bridgehead atoms. The molecule has 2 rings (SSSR count). The zero-order chi connectivity index (χ0) is 15.4. The molecule has 0 saturated carbocycles. The van der Waals surface area contributed by atoms with Gasteiger partial charge in [0.05, 0.1) is 22.1 Å². The lowest BCUT2D eigenvalue weighted by atomic mass is 9.99. The van der Waals surface area contributed by atoms with Crippen LogP contribution >= 0.6 is 31.9 Å². The van der Waals surface area contributed by atoms with E-state index < -0.39 is 0 Å². The van der Waals surface area contributed by atoms with Crippen LogP contribution in [0.3, 0.4) is 0 Å². The summed E-state index contributed by atoms with van der Waals surface area (Å²) in [6, 6.07) is 10.6. The van der Waals surface area contributed by atoms with Gasteiger partial charge in [-0.3, -0.25) is 11.3 Å². The number of methoxy groups -OCH3 is 1. The summed E-state index contributed by atoms with van der Waals surface area (Å²) in [6.07, 6.45) is 0.563. The van der Waals surface area contributed by atoms with E-state index in [1.165, 1.54) is 6.07 Å². The first-order chi connectivity index (χ1) is 10.1. The van der Waals surface area contributed by atoms with Crippen LogP contribution in [0.5, 0.6) is 5.75 Å². The van der Waals surface area contributed by atoms with Crippen LogP contribution in [0.4, 0.5) is 4.39 Å². The molecule has 1 atom stereocenters. The quantitative estimate of drug-likeness (QED) is 0.568. The average Bonchev–Trinajstić information content (AvgIpc) is 2.48. The molecule has 0 heterocycles. The zero-order valence-electron chi connectivity index (χ0n) is 11.4. The van der Waals surface area contributed by atoms with Crippen LogP contribution in [0.1, 0.15) is 17.2 Å². The van der Waals surface area contributed by atoms with Gasteiger partial charge >= 0.3 is 0 Å². The Labute approximate surface area is 139 Å². The van der Waals surface area contributed by atoms with E-state index >= 15 is 0 Å². The monoisotopic (exact) mass is 416 g/mol. The van der Waals surface area contributed by atoms with E-state index in [-0.39, 0.29) is 11.9 Å². The van der Waals surface area contributed by atoms with Crippen molar-refractivity contribution >= 4 is 31.9 Å². The second-order valence-corrected chi connectivity index (χ2v) is 6.18. The van der Waals surface area contributed by atoms with Gasteiger partial charge in [0.15, 0.2) is 0 Å². The fraction of sp³-hybridized carbons (Fsp3) is 0.200.